The highest BCUT2D eigenvalue weighted by Crippen LogP contribution is 2.34. The Bertz CT molecular complexity index is 941. The molecule has 1 saturated carbocycles. The van der Waals surface area contributed by atoms with Gasteiger partial charge < -0.3 is 21.1 Å². The molecule has 0 spiro atoms. The van der Waals surface area contributed by atoms with Gasteiger partial charge in [-0.3, -0.25) is 0 Å². The average molecular weight is 455 g/mol. The third-order valence-corrected chi connectivity index (χ3v) is 5.88. The van der Waals surface area contributed by atoms with Gasteiger partial charge >= 0.3 is 0 Å². The first-order valence-electron chi connectivity index (χ1n) is 9.46. The average Bonchev–Trinajstić information content (AvgIpc) is 3.27. The molecule has 4 rings (SSSR count). The van der Waals surface area contributed by atoms with Crippen LogP contribution in [-0.4, -0.2) is 37.3 Å². The molecule has 0 atom stereocenters. The summed E-state index contributed by atoms with van der Waals surface area (Å²) in [6, 6.07) is 5.35. The van der Waals surface area contributed by atoms with Crippen LogP contribution in [-0.2, 0) is 6.54 Å². The minimum Gasteiger partial charge on any atom is -0.393 e. The first-order chi connectivity index (χ1) is 14.0. The summed E-state index contributed by atoms with van der Waals surface area (Å²) >= 11 is 13.6. The lowest BCUT2D eigenvalue weighted by molar-refractivity contribution is 0.183. The third-order valence-electron chi connectivity index (χ3n) is 4.48. The molecule has 7 nitrogen and oxygen atoms in total. The Kier molecular flexibility index (Phi) is 7.97. The van der Waals surface area contributed by atoms with Gasteiger partial charge in [0.05, 0.1) is 6.10 Å². The quantitative estimate of drug-likeness (QED) is 0.530. The number of hydrogen-bond acceptors (Lipinski definition) is 7. The van der Waals surface area contributed by atoms with Crippen molar-refractivity contribution in [3.8, 4) is 0 Å². The summed E-state index contributed by atoms with van der Waals surface area (Å²) in [5.74, 6) is 0.354. The molecule has 2 aromatic heterocycles. The molecule has 0 radical (unpaired) electrons. The molecule has 3 aromatic rings. The molecular formula is C19H24Cl2N6OS. The van der Waals surface area contributed by atoms with Crippen molar-refractivity contribution in [1.29, 1.82) is 0 Å². The Hall–Kier alpha value is -1.58. The van der Waals surface area contributed by atoms with Gasteiger partial charge in [-0.25, -0.2) is 15.0 Å². The van der Waals surface area contributed by atoms with Crippen molar-refractivity contribution in [3.63, 3.8) is 0 Å². The van der Waals surface area contributed by atoms with Crippen LogP contribution in [0.5, 0.6) is 0 Å². The van der Waals surface area contributed by atoms with Gasteiger partial charge in [-0.2, -0.15) is 0 Å². The van der Waals surface area contributed by atoms with E-state index in [0.717, 1.165) is 29.3 Å². The van der Waals surface area contributed by atoms with Crippen LogP contribution in [0, 0.1) is 0 Å². The van der Waals surface area contributed by atoms with E-state index in [9.17, 15) is 0 Å². The zero-order valence-corrected chi connectivity index (χ0v) is 18.2. The van der Waals surface area contributed by atoms with Gasteiger partial charge in [0.1, 0.15) is 6.33 Å². The van der Waals surface area contributed by atoms with Gasteiger partial charge in [0, 0.05) is 21.5 Å². The molecule has 29 heavy (non-hydrogen) atoms. The second-order valence-corrected chi connectivity index (χ2v) is 8.68. The van der Waals surface area contributed by atoms with E-state index in [0.29, 0.717) is 40.1 Å². The lowest BCUT2D eigenvalue weighted by Crippen LogP contribution is -2.07. The maximum atomic E-state index is 8.73. The molecule has 1 fully saturated rings. The highest BCUT2D eigenvalue weighted by molar-refractivity contribution is 7.99. The van der Waals surface area contributed by atoms with Gasteiger partial charge in [-0.1, -0.05) is 47.8 Å². The molecule has 1 aliphatic carbocycles. The number of aliphatic hydroxyl groups is 1. The first-order valence-corrected chi connectivity index (χ1v) is 11.0. The molecule has 0 saturated heterocycles. The topological polar surface area (TPSA) is 116 Å². The number of nitrogens with zero attached hydrogens (tertiary/aromatic N) is 4. The van der Waals surface area contributed by atoms with E-state index in [1.165, 1.54) is 30.9 Å². The van der Waals surface area contributed by atoms with Crippen molar-refractivity contribution in [2.45, 2.75) is 54.8 Å². The molecule has 1 aliphatic rings. The van der Waals surface area contributed by atoms with Crippen molar-refractivity contribution in [2.75, 3.05) is 12.3 Å². The molecule has 0 bridgehead atoms. The van der Waals surface area contributed by atoms with Crippen LogP contribution >= 0.6 is 35.0 Å². The fourth-order valence-electron chi connectivity index (χ4n) is 3.06. The normalized spacial score (nSPS) is 14.2. The SMILES string of the molecule is NCCCn1c(Sc2cc(Cl)cc(Cl)c2)nc2c(N)ncnc21.OC1CCCC1. The number of aliphatic hydroxyl groups excluding tert-OH is 1. The van der Waals surface area contributed by atoms with Gasteiger partial charge in [-0.05, 0) is 44.0 Å². The van der Waals surface area contributed by atoms with Crippen LogP contribution in [0.25, 0.3) is 11.2 Å². The number of fused-ring (bicyclic) bond motifs is 1. The lowest BCUT2D eigenvalue weighted by atomic mass is 10.3. The number of aromatic nitrogens is 4. The Balaban J connectivity index is 0.000000343. The third kappa shape index (κ3) is 5.96. The van der Waals surface area contributed by atoms with E-state index < -0.39 is 0 Å². The predicted molar refractivity (Wildman–Crippen MR) is 118 cm³/mol. The number of imidazole rings is 1. The maximum Gasteiger partial charge on any atom is 0.175 e. The fraction of sp³-hybridized carbons (Fsp3) is 0.421. The van der Waals surface area contributed by atoms with E-state index >= 15 is 0 Å². The molecule has 0 unspecified atom stereocenters. The number of hydrogen-bond donors (Lipinski definition) is 3. The number of nitrogen functional groups attached to an aromatic ring is 1. The summed E-state index contributed by atoms with van der Waals surface area (Å²) in [5, 5.41) is 10.6. The summed E-state index contributed by atoms with van der Waals surface area (Å²) in [6.45, 7) is 1.27. The zero-order valence-electron chi connectivity index (χ0n) is 15.9. The number of rotatable bonds is 5. The highest BCUT2D eigenvalue weighted by Gasteiger charge is 2.16. The van der Waals surface area contributed by atoms with Crippen LogP contribution in [0.3, 0.4) is 0 Å². The lowest BCUT2D eigenvalue weighted by Gasteiger charge is -2.08. The number of anilines is 1. The van der Waals surface area contributed by atoms with E-state index in [-0.39, 0.29) is 6.10 Å². The number of halogens is 2. The number of nitrogens with two attached hydrogens (primary N) is 2. The molecule has 0 amide bonds. The van der Waals surface area contributed by atoms with E-state index in [2.05, 4.69) is 15.0 Å². The van der Waals surface area contributed by atoms with E-state index in [4.69, 9.17) is 39.8 Å². The Morgan fingerprint density at radius 2 is 1.83 bits per heavy atom. The maximum absolute atomic E-state index is 8.73. The van der Waals surface area contributed by atoms with Crippen molar-refractivity contribution in [3.05, 3.63) is 34.6 Å². The Morgan fingerprint density at radius 3 is 2.41 bits per heavy atom. The Morgan fingerprint density at radius 1 is 1.14 bits per heavy atom. The first kappa shape index (κ1) is 22.1. The van der Waals surface area contributed by atoms with Crippen LogP contribution in [0.2, 0.25) is 10.0 Å². The van der Waals surface area contributed by atoms with Gasteiger partial charge in [0.2, 0.25) is 0 Å². The largest absolute Gasteiger partial charge is 0.393 e. The van der Waals surface area contributed by atoms with Crippen LogP contribution < -0.4 is 11.5 Å². The number of aryl methyl sites for hydroxylation is 1. The minimum atomic E-state index is 0.0463. The monoisotopic (exact) mass is 454 g/mol. The molecule has 156 valence electrons. The summed E-state index contributed by atoms with van der Waals surface area (Å²) in [4.78, 5) is 13.7. The summed E-state index contributed by atoms with van der Waals surface area (Å²) in [7, 11) is 0. The predicted octanol–water partition coefficient (Wildman–Crippen LogP) is 4.14. The van der Waals surface area contributed by atoms with Crippen molar-refractivity contribution in [1.82, 2.24) is 19.5 Å². The highest BCUT2D eigenvalue weighted by atomic mass is 35.5. The van der Waals surface area contributed by atoms with Crippen molar-refractivity contribution in [2.24, 2.45) is 5.73 Å². The van der Waals surface area contributed by atoms with Crippen LogP contribution in [0.4, 0.5) is 5.82 Å². The smallest absolute Gasteiger partial charge is 0.175 e. The van der Waals surface area contributed by atoms with E-state index in [1.807, 2.05) is 16.7 Å². The minimum absolute atomic E-state index is 0.0463. The summed E-state index contributed by atoms with van der Waals surface area (Å²) in [5.41, 5.74) is 12.8. The fourth-order valence-corrected chi connectivity index (χ4v) is 4.72. The standard InChI is InChI=1S/C14H14Cl2N6S.C5H10O/c15-8-4-9(16)6-10(5-8)23-14-21-11-12(18)19-7-20-13(11)22(14)3-1-2-17;6-5-3-1-2-4-5/h4-7H,1-3,17H2,(H2,18,19,20);5-6H,1-4H2. The van der Waals surface area contributed by atoms with Crippen LogP contribution in [0.1, 0.15) is 32.1 Å². The second kappa shape index (κ2) is 10.4. The van der Waals surface area contributed by atoms with Gasteiger partial charge in [-0.15, -0.1) is 0 Å². The summed E-state index contributed by atoms with van der Waals surface area (Å²) in [6.07, 6.45) is 6.84. The molecule has 10 heteroatoms. The van der Waals surface area contributed by atoms with E-state index in [1.54, 1.807) is 6.07 Å². The molecule has 1 aromatic carbocycles. The van der Waals surface area contributed by atoms with Gasteiger partial charge in [0.15, 0.2) is 22.1 Å². The molecule has 0 aliphatic heterocycles. The van der Waals surface area contributed by atoms with Crippen LogP contribution in [0.15, 0.2) is 34.6 Å². The Labute approximate surface area is 183 Å². The summed E-state index contributed by atoms with van der Waals surface area (Å²) < 4.78 is 1.99. The molecule has 5 N–H and O–H groups in total. The van der Waals surface area contributed by atoms with Gasteiger partial charge in [0.25, 0.3) is 0 Å². The number of benzene rings is 1. The molecule has 2 heterocycles. The zero-order chi connectivity index (χ0) is 20.8. The van der Waals surface area contributed by atoms with Crippen molar-refractivity contribution < 1.29 is 5.11 Å². The molecular weight excluding hydrogens is 431 g/mol. The van der Waals surface area contributed by atoms with Crippen molar-refractivity contribution >= 4 is 51.9 Å². The second-order valence-electron chi connectivity index (χ2n) is 6.76.